The number of ether oxygens (including phenoxy) is 4. The Kier molecular flexibility index (Phi) is 21.5. The van der Waals surface area contributed by atoms with E-state index in [1.165, 1.54) is 14.2 Å². The van der Waals surface area contributed by atoms with Crippen molar-refractivity contribution in [1.29, 1.82) is 0 Å². The fraction of sp³-hybridized carbons (Fsp3) is 0.195. The number of carbonyl (C=O) groups is 2. The lowest BCUT2D eigenvalue weighted by Gasteiger charge is -2.07. The number of imidazole rings is 1. The normalized spacial score (nSPS) is 10.9. The first-order valence-corrected chi connectivity index (χ1v) is 18.6. The average molecular weight is 900 g/mol. The molecule has 8 nitrogen and oxygen atoms in total. The Morgan fingerprint density at radius 3 is 1.55 bits per heavy atom. The van der Waals surface area contributed by atoms with Crippen LogP contribution < -0.4 is 26.4 Å². The summed E-state index contributed by atoms with van der Waals surface area (Å²) < 4.78 is 23.4. The van der Waals surface area contributed by atoms with Crippen LogP contribution in [-0.2, 0) is 32.2 Å². The van der Waals surface area contributed by atoms with Gasteiger partial charge in [0.1, 0.15) is 50.2 Å². The summed E-state index contributed by atoms with van der Waals surface area (Å²) in [6.07, 6.45) is 19.7. The molecule has 294 valence electrons. The first-order valence-electron chi connectivity index (χ1n) is 16.0. The molecular formula is C41H35Cl7N2O6. The van der Waals surface area contributed by atoms with Crippen molar-refractivity contribution in [1.82, 2.24) is 4.57 Å². The molecule has 0 radical (unpaired) electrons. The summed E-state index contributed by atoms with van der Waals surface area (Å²) >= 11 is 28.8. The molecule has 5 aromatic rings. The van der Waals surface area contributed by atoms with Crippen LogP contribution in [0.2, 0.25) is 0 Å². The number of aromatic nitrogens is 2. The minimum atomic E-state index is -0.750. The molecule has 5 rings (SSSR count). The number of benzene rings is 4. The van der Waals surface area contributed by atoms with E-state index in [1.54, 1.807) is 0 Å². The molecule has 0 aliphatic carbocycles. The van der Waals surface area contributed by atoms with Crippen LogP contribution in [0.25, 0.3) is 33.7 Å². The molecule has 15 heteroatoms. The standard InChI is InChI=1S/C39H33N2O6.2CHCl3.ClH/c1-5-17-46-36-13-11-30-19-28(7-9-32(30)23-36)21-34(38(42)44-3)25-40-15-16-41(27-40)26-35(39(43)45-4)22-29-8-10-33-24-37(47-18-6-2)14-12-31(33)20-29;2*2-1(3)4;/h1-2,7-16,19-24,27H,17-18,25-26H2,3-4H3;2*1H;1H/q+1;;;/p-1/b34-21+,35-22+;;;. The lowest BCUT2D eigenvalue weighted by atomic mass is 10.0. The van der Waals surface area contributed by atoms with Crippen LogP contribution in [0.1, 0.15) is 11.1 Å². The molecule has 0 unspecified atom stereocenters. The van der Waals surface area contributed by atoms with Gasteiger partial charge in [-0.1, -0.05) is 118 Å². The number of hydrogen-bond acceptors (Lipinski definition) is 6. The Labute approximate surface area is 362 Å². The van der Waals surface area contributed by atoms with Crippen LogP contribution in [0.5, 0.6) is 11.5 Å². The van der Waals surface area contributed by atoms with Gasteiger partial charge in [-0.2, -0.15) is 0 Å². The summed E-state index contributed by atoms with van der Waals surface area (Å²) in [5, 5.41) is 3.95. The Hall–Kier alpha value is -4.22. The number of rotatable bonds is 12. The first-order chi connectivity index (χ1) is 26.3. The zero-order chi connectivity index (χ0) is 40.3. The van der Waals surface area contributed by atoms with Gasteiger partial charge in [0.15, 0.2) is 8.59 Å². The Morgan fingerprint density at radius 2 is 1.11 bits per heavy atom. The van der Waals surface area contributed by atoms with Crippen molar-refractivity contribution in [3.63, 3.8) is 0 Å². The monoisotopic (exact) mass is 896 g/mol. The minimum absolute atomic E-state index is 0. The zero-order valence-electron chi connectivity index (χ0n) is 29.9. The lowest BCUT2D eigenvalue weighted by molar-refractivity contribution is -0.687. The van der Waals surface area contributed by atoms with Gasteiger partial charge in [-0.25, -0.2) is 18.7 Å². The van der Waals surface area contributed by atoms with Gasteiger partial charge in [0.05, 0.1) is 25.4 Å². The maximum atomic E-state index is 12.8. The molecule has 0 saturated carbocycles. The summed E-state index contributed by atoms with van der Waals surface area (Å²) in [5.41, 5.74) is 2.60. The van der Waals surface area contributed by atoms with Gasteiger partial charge in [-0.15, -0.1) is 12.8 Å². The number of hydrogen-bond donors (Lipinski definition) is 0. The van der Waals surface area contributed by atoms with Crippen LogP contribution in [-0.4, -0.2) is 52.5 Å². The summed E-state index contributed by atoms with van der Waals surface area (Å²) in [6, 6.07) is 23.2. The number of carbonyl (C=O) groups excluding carboxylic acids is 2. The second kappa shape index (κ2) is 25.1. The second-order valence-electron chi connectivity index (χ2n) is 11.1. The van der Waals surface area contributed by atoms with E-state index >= 15 is 0 Å². The smallest absolute Gasteiger partial charge is 0.337 e. The molecule has 1 aromatic heterocycles. The van der Waals surface area contributed by atoms with Crippen LogP contribution in [0.3, 0.4) is 0 Å². The van der Waals surface area contributed by atoms with E-state index in [0.29, 0.717) is 22.6 Å². The summed E-state index contributed by atoms with van der Waals surface area (Å²) in [5.74, 6) is 5.43. The van der Waals surface area contributed by atoms with E-state index in [0.717, 1.165) is 32.7 Å². The van der Waals surface area contributed by atoms with Crippen molar-refractivity contribution in [3.05, 3.63) is 114 Å². The van der Waals surface area contributed by atoms with Crippen LogP contribution in [0.15, 0.2) is 103 Å². The largest absolute Gasteiger partial charge is 1.00 e. The minimum Gasteiger partial charge on any atom is -1.00 e. The van der Waals surface area contributed by atoms with Gasteiger partial charge in [0, 0.05) is 0 Å². The number of fused-ring (bicyclic) bond motifs is 2. The topological polar surface area (TPSA) is 79.9 Å². The summed E-state index contributed by atoms with van der Waals surface area (Å²) in [6.45, 7) is 0.910. The Balaban J connectivity index is 0.00000110. The fourth-order valence-electron chi connectivity index (χ4n) is 5.12. The Morgan fingerprint density at radius 1 is 0.696 bits per heavy atom. The van der Waals surface area contributed by atoms with Crippen LogP contribution in [0.4, 0.5) is 0 Å². The van der Waals surface area contributed by atoms with E-state index in [1.807, 2.05) is 113 Å². The SMILES string of the molecule is C#CCOc1ccc2cc(/C=C(\Cn3cc[n+](C/C(=C\c4ccc5cc(OCC#C)ccc5c4)C(=O)OC)c3)C(=O)OC)ccc2c1.ClC(Cl)Cl.ClC(Cl)Cl.[Cl-]. The molecule has 4 aromatic carbocycles. The predicted octanol–water partition coefficient (Wildman–Crippen LogP) is 6.60. The highest BCUT2D eigenvalue weighted by atomic mass is 35.6. The molecule has 1 heterocycles. The quantitative estimate of drug-likeness (QED) is 0.0463. The highest BCUT2D eigenvalue weighted by molar-refractivity contribution is 6.63. The van der Waals surface area contributed by atoms with E-state index in [9.17, 15) is 9.59 Å². The summed E-state index contributed by atoms with van der Waals surface area (Å²) in [7, 11) is 2.72. The first kappa shape index (κ1) is 47.9. The van der Waals surface area contributed by atoms with Crippen molar-refractivity contribution in [2.75, 3.05) is 27.4 Å². The summed E-state index contributed by atoms with van der Waals surface area (Å²) in [4.78, 5) is 25.6. The second-order valence-corrected chi connectivity index (χ2v) is 15.1. The maximum absolute atomic E-state index is 12.8. The molecule has 0 N–H and O–H groups in total. The van der Waals surface area contributed by atoms with Crippen molar-refractivity contribution in [2.45, 2.75) is 21.7 Å². The highest BCUT2D eigenvalue weighted by Gasteiger charge is 2.18. The zero-order valence-corrected chi connectivity index (χ0v) is 35.2. The molecule has 0 amide bonds. The van der Waals surface area contributed by atoms with Crippen molar-refractivity contribution in [3.8, 4) is 36.2 Å². The third kappa shape index (κ3) is 16.5. The molecule has 0 atom stereocenters. The van der Waals surface area contributed by atoms with Gasteiger partial charge in [0.2, 0.25) is 6.33 Å². The predicted molar refractivity (Wildman–Crippen MR) is 224 cm³/mol. The molecule has 0 spiro atoms. The third-order valence-corrected chi connectivity index (χ3v) is 7.34. The van der Waals surface area contributed by atoms with Gasteiger partial charge in [-0.05, 0) is 81.2 Å². The third-order valence-electron chi connectivity index (χ3n) is 7.34. The molecule has 0 aliphatic rings. The lowest BCUT2D eigenvalue weighted by Crippen LogP contribution is -3.00. The maximum Gasteiger partial charge on any atom is 0.337 e. The Bertz CT molecular complexity index is 2060. The number of methoxy groups -OCH3 is 2. The average Bonchev–Trinajstić information content (AvgIpc) is 3.60. The molecule has 56 heavy (non-hydrogen) atoms. The van der Waals surface area contributed by atoms with Gasteiger partial charge in [0.25, 0.3) is 0 Å². The van der Waals surface area contributed by atoms with Crippen molar-refractivity contribution < 1.29 is 45.5 Å². The molecular weight excluding hydrogens is 865 g/mol. The van der Waals surface area contributed by atoms with Crippen LogP contribution >= 0.6 is 69.6 Å². The van der Waals surface area contributed by atoms with E-state index < -0.39 is 20.5 Å². The number of nitrogens with zero attached hydrogens (tertiary/aromatic N) is 2. The van der Waals surface area contributed by atoms with Crippen molar-refractivity contribution in [2.24, 2.45) is 0 Å². The fourth-order valence-corrected chi connectivity index (χ4v) is 5.12. The van der Waals surface area contributed by atoms with Crippen molar-refractivity contribution >= 4 is 115 Å². The van der Waals surface area contributed by atoms with Crippen LogP contribution in [0, 0.1) is 24.7 Å². The van der Waals surface area contributed by atoms with Gasteiger partial charge >= 0.3 is 11.9 Å². The van der Waals surface area contributed by atoms with E-state index in [4.69, 9.17) is 101 Å². The van der Waals surface area contributed by atoms with E-state index in [2.05, 4.69) is 11.8 Å². The molecule has 0 bridgehead atoms. The van der Waals surface area contributed by atoms with Gasteiger partial charge in [-0.3, -0.25) is 0 Å². The van der Waals surface area contributed by atoms with E-state index in [-0.39, 0.29) is 38.7 Å². The number of terminal acetylenes is 2. The molecule has 0 aliphatic heterocycles. The number of esters is 2. The number of alkyl halides is 6. The molecule has 0 saturated heterocycles. The van der Waals surface area contributed by atoms with Gasteiger partial charge < -0.3 is 31.4 Å². The highest BCUT2D eigenvalue weighted by Crippen LogP contribution is 2.25. The number of halogens is 7. The molecule has 0 fully saturated rings.